The highest BCUT2D eigenvalue weighted by molar-refractivity contribution is 6.16. The third kappa shape index (κ3) is 6.43. The van der Waals surface area contributed by atoms with Crippen molar-refractivity contribution in [2.24, 2.45) is 0 Å². The Morgan fingerprint density at radius 1 is 0.290 bits per heavy atom. The molecule has 3 nitrogen and oxygen atoms in total. The number of para-hydroxylation sites is 2. The second-order valence-electron chi connectivity index (χ2n) is 18.1. The number of hydrogen-bond donors (Lipinski definition) is 0. The average Bonchev–Trinajstić information content (AvgIpc) is 3.97. The summed E-state index contributed by atoms with van der Waals surface area (Å²) >= 11 is 0. The second kappa shape index (κ2) is 15.7. The molecular weight excluding hydrogens is 837 g/mol. The quantitative estimate of drug-likeness (QED) is 0.149. The van der Waals surface area contributed by atoms with E-state index in [0.717, 1.165) is 72.3 Å². The van der Waals surface area contributed by atoms with Gasteiger partial charge >= 0.3 is 0 Å². The van der Waals surface area contributed by atoms with Gasteiger partial charge in [-0.2, -0.15) is 0 Å². The normalized spacial score (nSPS) is 11.8. The number of fused-ring (bicyclic) bond motifs is 11. The molecular formula is C66H42N2O. The number of benzene rings is 12. The summed E-state index contributed by atoms with van der Waals surface area (Å²) in [6.07, 6.45) is 0. The van der Waals surface area contributed by atoms with Crippen molar-refractivity contribution in [1.29, 1.82) is 0 Å². The van der Waals surface area contributed by atoms with E-state index in [1.807, 2.05) is 0 Å². The standard InChI is InChI=1S/C66H42N2O/c1-4-20-55-44(13-1)31-37-60-62-41-48(32-38-65(62)69-66(55)60)47-16-12-17-52(40-47)67(51-35-29-45(30-36-51)61-42-49-14-2-3-19-54(49)56-21-5-6-22-57(56)61)50-33-27-43(28-34-50)46-15-11-18-53(39-46)68-63-25-9-7-23-58(63)59-24-8-10-26-64(59)68/h1-42H. The van der Waals surface area contributed by atoms with Crippen LogP contribution in [0.2, 0.25) is 0 Å². The summed E-state index contributed by atoms with van der Waals surface area (Å²) in [5.41, 5.74) is 15.6. The van der Waals surface area contributed by atoms with Crippen LogP contribution in [-0.2, 0) is 0 Å². The molecule has 0 aliphatic heterocycles. The van der Waals surface area contributed by atoms with Gasteiger partial charge in [0.15, 0.2) is 0 Å². The fourth-order valence-electron chi connectivity index (χ4n) is 10.9. The molecule has 69 heavy (non-hydrogen) atoms. The number of furan rings is 1. The summed E-state index contributed by atoms with van der Waals surface area (Å²) in [5, 5.41) is 12.1. The molecule has 0 bridgehead atoms. The fourth-order valence-corrected chi connectivity index (χ4v) is 10.9. The number of hydrogen-bond acceptors (Lipinski definition) is 2. The number of aromatic nitrogens is 1. The summed E-state index contributed by atoms with van der Waals surface area (Å²) in [6, 6.07) is 92.5. The minimum atomic E-state index is 0.892. The van der Waals surface area contributed by atoms with Crippen LogP contribution in [0, 0.1) is 0 Å². The van der Waals surface area contributed by atoms with Gasteiger partial charge in [0.2, 0.25) is 0 Å². The van der Waals surface area contributed by atoms with Crippen molar-refractivity contribution in [3.63, 3.8) is 0 Å². The third-order valence-electron chi connectivity index (χ3n) is 14.1. The first-order chi connectivity index (χ1) is 34.2. The van der Waals surface area contributed by atoms with Gasteiger partial charge in [-0.15, -0.1) is 0 Å². The first kappa shape index (κ1) is 39.0. The van der Waals surface area contributed by atoms with E-state index in [1.165, 1.54) is 59.9 Å². The van der Waals surface area contributed by atoms with Crippen LogP contribution in [-0.4, -0.2) is 4.57 Å². The average molecular weight is 879 g/mol. The van der Waals surface area contributed by atoms with Gasteiger partial charge in [-0.3, -0.25) is 0 Å². The Hall–Kier alpha value is -9.18. The number of nitrogens with zero attached hydrogens (tertiary/aromatic N) is 2. The second-order valence-corrected chi connectivity index (χ2v) is 18.1. The lowest BCUT2D eigenvalue weighted by atomic mass is 9.93. The van der Waals surface area contributed by atoms with Gasteiger partial charge in [0, 0.05) is 49.7 Å². The smallest absolute Gasteiger partial charge is 0.143 e. The molecule has 0 saturated heterocycles. The van der Waals surface area contributed by atoms with E-state index in [9.17, 15) is 0 Å². The molecule has 0 aliphatic rings. The maximum absolute atomic E-state index is 6.51. The van der Waals surface area contributed by atoms with Crippen LogP contribution in [0.1, 0.15) is 0 Å². The zero-order chi connectivity index (χ0) is 45.4. The van der Waals surface area contributed by atoms with Crippen LogP contribution in [0.3, 0.4) is 0 Å². The summed E-state index contributed by atoms with van der Waals surface area (Å²) in [7, 11) is 0. The highest BCUT2D eigenvalue weighted by atomic mass is 16.3. The van der Waals surface area contributed by atoms with Crippen LogP contribution in [0.5, 0.6) is 0 Å². The summed E-state index contributed by atoms with van der Waals surface area (Å²) < 4.78 is 8.90. The largest absolute Gasteiger partial charge is 0.455 e. The maximum Gasteiger partial charge on any atom is 0.143 e. The first-order valence-electron chi connectivity index (χ1n) is 23.6. The van der Waals surface area contributed by atoms with Gasteiger partial charge < -0.3 is 13.9 Å². The van der Waals surface area contributed by atoms with Crippen LogP contribution < -0.4 is 4.90 Å². The van der Waals surface area contributed by atoms with Crippen LogP contribution in [0.4, 0.5) is 17.1 Å². The van der Waals surface area contributed by atoms with Gasteiger partial charge in [-0.1, -0.05) is 170 Å². The van der Waals surface area contributed by atoms with Gasteiger partial charge in [-0.25, -0.2) is 0 Å². The SMILES string of the molecule is c1cc(-c2ccc3oc4c5ccccc5ccc4c3c2)cc(N(c2ccc(-c3cccc(-n4c5ccccc5c5ccccc54)c3)cc2)c2ccc(-c3cc4ccccc4c4ccccc34)cc2)c1. The Morgan fingerprint density at radius 3 is 1.59 bits per heavy atom. The number of anilines is 3. The van der Waals surface area contributed by atoms with Crippen molar-refractivity contribution >= 4 is 93.1 Å². The van der Waals surface area contributed by atoms with Crippen molar-refractivity contribution < 1.29 is 4.42 Å². The van der Waals surface area contributed by atoms with Gasteiger partial charge in [0.1, 0.15) is 11.2 Å². The van der Waals surface area contributed by atoms with E-state index >= 15 is 0 Å². The van der Waals surface area contributed by atoms with Crippen molar-refractivity contribution in [2.75, 3.05) is 4.90 Å². The highest BCUT2D eigenvalue weighted by Crippen LogP contribution is 2.42. The lowest BCUT2D eigenvalue weighted by Gasteiger charge is -2.26. The van der Waals surface area contributed by atoms with Crippen LogP contribution in [0.15, 0.2) is 259 Å². The van der Waals surface area contributed by atoms with E-state index in [2.05, 4.69) is 264 Å². The monoisotopic (exact) mass is 878 g/mol. The zero-order valence-electron chi connectivity index (χ0n) is 37.6. The predicted octanol–water partition coefficient (Wildman–Crippen LogP) is 18.6. The molecule has 14 rings (SSSR count). The molecule has 0 fully saturated rings. The Bertz CT molecular complexity index is 4260. The molecule has 0 N–H and O–H groups in total. The highest BCUT2D eigenvalue weighted by Gasteiger charge is 2.18. The molecule has 0 unspecified atom stereocenters. The topological polar surface area (TPSA) is 21.3 Å². The Balaban J connectivity index is 0.876. The zero-order valence-corrected chi connectivity index (χ0v) is 37.6. The van der Waals surface area contributed by atoms with E-state index in [1.54, 1.807) is 0 Å². The molecule has 0 saturated carbocycles. The van der Waals surface area contributed by atoms with Crippen molar-refractivity contribution in [3.8, 4) is 39.1 Å². The fraction of sp³-hybridized carbons (Fsp3) is 0. The summed E-state index contributed by atoms with van der Waals surface area (Å²) in [5.74, 6) is 0. The van der Waals surface area contributed by atoms with Crippen molar-refractivity contribution in [2.45, 2.75) is 0 Å². The van der Waals surface area contributed by atoms with Gasteiger partial charge in [-0.05, 0) is 145 Å². The predicted molar refractivity (Wildman–Crippen MR) is 292 cm³/mol. The Kier molecular flexibility index (Phi) is 8.90. The van der Waals surface area contributed by atoms with E-state index < -0.39 is 0 Å². The molecule has 2 aromatic heterocycles. The van der Waals surface area contributed by atoms with E-state index in [-0.39, 0.29) is 0 Å². The van der Waals surface area contributed by atoms with E-state index in [0.29, 0.717) is 0 Å². The Labute approximate surface area is 399 Å². The molecule has 12 aromatic carbocycles. The molecule has 0 atom stereocenters. The molecule has 0 radical (unpaired) electrons. The molecule has 0 aliphatic carbocycles. The summed E-state index contributed by atoms with van der Waals surface area (Å²) in [6.45, 7) is 0. The lowest BCUT2D eigenvalue weighted by molar-refractivity contribution is 0.672. The van der Waals surface area contributed by atoms with Crippen molar-refractivity contribution in [3.05, 3.63) is 255 Å². The summed E-state index contributed by atoms with van der Waals surface area (Å²) in [4.78, 5) is 2.38. The molecule has 2 heterocycles. The van der Waals surface area contributed by atoms with Crippen molar-refractivity contribution in [1.82, 2.24) is 4.57 Å². The Morgan fingerprint density at radius 2 is 0.855 bits per heavy atom. The van der Waals surface area contributed by atoms with E-state index in [4.69, 9.17) is 4.42 Å². The molecule has 322 valence electrons. The maximum atomic E-state index is 6.51. The minimum absolute atomic E-state index is 0.892. The van der Waals surface area contributed by atoms with Crippen LogP contribution in [0.25, 0.3) is 115 Å². The molecule has 3 heteroatoms. The first-order valence-corrected chi connectivity index (χ1v) is 23.6. The third-order valence-corrected chi connectivity index (χ3v) is 14.1. The number of rotatable bonds is 7. The lowest BCUT2D eigenvalue weighted by Crippen LogP contribution is -2.10. The van der Waals surface area contributed by atoms with Crippen LogP contribution >= 0.6 is 0 Å². The van der Waals surface area contributed by atoms with Gasteiger partial charge in [0.25, 0.3) is 0 Å². The molecule has 14 aromatic rings. The van der Waals surface area contributed by atoms with Gasteiger partial charge in [0.05, 0.1) is 11.0 Å². The molecule has 0 spiro atoms. The molecule has 0 amide bonds. The minimum Gasteiger partial charge on any atom is -0.455 e.